The largest absolute Gasteiger partial charge is 0.483 e. The summed E-state index contributed by atoms with van der Waals surface area (Å²) in [6.07, 6.45) is 1.68. The summed E-state index contributed by atoms with van der Waals surface area (Å²) in [5, 5.41) is 14.5. The fourth-order valence-electron chi connectivity index (χ4n) is 1.79. The maximum Gasteiger partial charge on any atom is 0.270 e. The summed E-state index contributed by atoms with van der Waals surface area (Å²) >= 11 is 0. The highest BCUT2D eigenvalue weighted by Crippen LogP contribution is 2.24. The van der Waals surface area contributed by atoms with Crippen LogP contribution in [0.15, 0.2) is 22.7 Å². The summed E-state index contributed by atoms with van der Waals surface area (Å²) in [5.41, 5.74) is 6.11. The van der Waals surface area contributed by atoms with Gasteiger partial charge >= 0.3 is 0 Å². The van der Waals surface area contributed by atoms with Gasteiger partial charge in [0.05, 0.1) is 4.92 Å². The van der Waals surface area contributed by atoms with Gasteiger partial charge in [-0.2, -0.15) is 4.98 Å². The van der Waals surface area contributed by atoms with Gasteiger partial charge in [0.2, 0.25) is 0 Å². The first-order chi connectivity index (χ1) is 10.1. The molecule has 0 amide bonds. The minimum absolute atomic E-state index is 0.0224. The Labute approximate surface area is 121 Å². The van der Waals surface area contributed by atoms with E-state index in [-0.39, 0.29) is 18.8 Å². The van der Waals surface area contributed by atoms with E-state index in [1.54, 1.807) is 0 Å². The first-order valence-electron chi connectivity index (χ1n) is 6.55. The van der Waals surface area contributed by atoms with Crippen molar-refractivity contribution in [3.8, 4) is 5.75 Å². The van der Waals surface area contributed by atoms with Crippen molar-refractivity contribution in [1.29, 1.82) is 0 Å². The van der Waals surface area contributed by atoms with Crippen LogP contribution in [-0.4, -0.2) is 15.1 Å². The molecule has 1 aromatic carbocycles. The normalized spacial score (nSPS) is 10.6. The molecule has 21 heavy (non-hydrogen) atoms. The average molecular weight is 292 g/mol. The van der Waals surface area contributed by atoms with Gasteiger partial charge in [0.25, 0.3) is 11.6 Å². The van der Waals surface area contributed by atoms with Crippen molar-refractivity contribution in [1.82, 2.24) is 10.1 Å². The van der Waals surface area contributed by atoms with Crippen LogP contribution in [0.5, 0.6) is 5.75 Å². The molecule has 0 bridgehead atoms. The molecule has 1 heterocycles. The molecule has 2 N–H and O–H groups in total. The Morgan fingerprint density at radius 2 is 2.29 bits per heavy atom. The summed E-state index contributed by atoms with van der Waals surface area (Å²) in [7, 11) is 0. The highest BCUT2D eigenvalue weighted by Gasteiger charge is 2.12. The van der Waals surface area contributed by atoms with Crippen molar-refractivity contribution in [2.24, 2.45) is 5.73 Å². The van der Waals surface area contributed by atoms with Crippen molar-refractivity contribution in [3.63, 3.8) is 0 Å². The zero-order valence-electron chi connectivity index (χ0n) is 11.6. The SMILES string of the molecule is CCCc1noc(COc2ccc([N+](=O)[O-])cc2CN)n1. The van der Waals surface area contributed by atoms with Crippen molar-refractivity contribution in [3.05, 3.63) is 45.6 Å². The summed E-state index contributed by atoms with van der Waals surface area (Å²) in [6, 6.07) is 4.28. The van der Waals surface area contributed by atoms with Crippen LogP contribution < -0.4 is 10.5 Å². The van der Waals surface area contributed by atoms with E-state index in [2.05, 4.69) is 10.1 Å². The van der Waals surface area contributed by atoms with Gasteiger partial charge in [-0.1, -0.05) is 12.1 Å². The minimum Gasteiger partial charge on any atom is -0.483 e. The van der Waals surface area contributed by atoms with Crippen molar-refractivity contribution >= 4 is 5.69 Å². The molecule has 2 rings (SSSR count). The highest BCUT2D eigenvalue weighted by molar-refractivity contribution is 5.43. The molecule has 0 radical (unpaired) electrons. The quantitative estimate of drug-likeness (QED) is 0.612. The number of rotatable bonds is 7. The Morgan fingerprint density at radius 1 is 1.48 bits per heavy atom. The summed E-state index contributed by atoms with van der Waals surface area (Å²) in [5.74, 6) is 1.47. The zero-order chi connectivity index (χ0) is 15.2. The molecule has 0 aliphatic carbocycles. The van der Waals surface area contributed by atoms with E-state index in [4.69, 9.17) is 15.0 Å². The van der Waals surface area contributed by atoms with Gasteiger partial charge in [-0.25, -0.2) is 0 Å². The maximum atomic E-state index is 10.7. The van der Waals surface area contributed by atoms with Gasteiger partial charge in [0, 0.05) is 30.7 Å². The molecule has 0 aliphatic heterocycles. The molecule has 0 fully saturated rings. The first kappa shape index (κ1) is 14.9. The lowest BCUT2D eigenvalue weighted by atomic mass is 10.2. The molecule has 2 aromatic rings. The van der Waals surface area contributed by atoms with Crippen LogP contribution in [0.1, 0.15) is 30.6 Å². The van der Waals surface area contributed by atoms with Gasteiger partial charge in [0.1, 0.15) is 5.75 Å². The molecular weight excluding hydrogens is 276 g/mol. The molecule has 8 nitrogen and oxygen atoms in total. The molecule has 0 spiro atoms. The number of nitrogens with two attached hydrogens (primary N) is 1. The van der Waals surface area contributed by atoms with Crippen molar-refractivity contribution in [2.45, 2.75) is 32.9 Å². The molecule has 0 aliphatic rings. The third-order valence-corrected chi connectivity index (χ3v) is 2.81. The van der Waals surface area contributed by atoms with E-state index in [9.17, 15) is 10.1 Å². The lowest BCUT2D eigenvalue weighted by molar-refractivity contribution is -0.384. The topological polar surface area (TPSA) is 117 Å². The van der Waals surface area contributed by atoms with Crippen LogP contribution in [-0.2, 0) is 19.6 Å². The number of non-ortho nitro benzene ring substituents is 1. The van der Waals surface area contributed by atoms with E-state index in [1.807, 2.05) is 6.92 Å². The second kappa shape index (κ2) is 6.80. The van der Waals surface area contributed by atoms with Crippen LogP contribution in [0.3, 0.4) is 0 Å². The Hall–Kier alpha value is -2.48. The molecule has 1 aromatic heterocycles. The fraction of sp³-hybridized carbons (Fsp3) is 0.385. The van der Waals surface area contributed by atoms with E-state index in [0.717, 1.165) is 12.8 Å². The van der Waals surface area contributed by atoms with Gasteiger partial charge in [-0.15, -0.1) is 0 Å². The van der Waals surface area contributed by atoms with Gasteiger partial charge in [-0.3, -0.25) is 10.1 Å². The molecule has 0 saturated carbocycles. The number of ether oxygens (including phenoxy) is 1. The van der Waals surface area contributed by atoms with Crippen LogP contribution in [0.2, 0.25) is 0 Å². The molecule has 0 unspecified atom stereocenters. The monoisotopic (exact) mass is 292 g/mol. The number of hydrogen-bond donors (Lipinski definition) is 1. The van der Waals surface area contributed by atoms with Gasteiger partial charge in [-0.05, 0) is 12.5 Å². The van der Waals surface area contributed by atoms with Crippen molar-refractivity contribution in [2.75, 3.05) is 0 Å². The highest BCUT2D eigenvalue weighted by atomic mass is 16.6. The smallest absolute Gasteiger partial charge is 0.270 e. The van der Waals surface area contributed by atoms with Crippen LogP contribution in [0.4, 0.5) is 5.69 Å². The zero-order valence-corrected chi connectivity index (χ0v) is 11.6. The summed E-state index contributed by atoms with van der Waals surface area (Å²) in [6.45, 7) is 2.26. The van der Waals surface area contributed by atoms with E-state index in [0.29, 0.717) is 23.0 Å². The molecule has 8 heteroatoms. The second-order valence-corrected chi connectivity index (χ2v) is 4.40. The number of benzene rings is 1. The third kappa shape index (κ3) is 3.76. The van der Waals surface area contributed by atoms with Gasteiger partial charge in [0.15, 0.2) is 12.4 Å². The van der Waals surface area contributed by atoms with Crippen LogP contribution in [0, 0.1) is 10.1 Å². The minimum atomic E-state index is -0.474. The Morgan fingerprint density at radius 3 is 2.95 bits per heavy atom. The van der Waals surface area contributed by atoms with Crippen molar-refractivity contribution < 1.29 is 14.2 Å². The average Bonchev–Trinajstić information content (AvgIpc) is 2.93. The van der Waals surface area contributed by atoms with E-state index >= 15 is 0 Å². The number of hydrogen-bond acceptors (Lipinski definition) is 7. The molecule has 0 saturated heterocycles. The summed E-state index contributed by atoms with van der Waals surface area (Å²) < 4.78 is 10.6. The summed E-state index contributed by atoms with van der Waals surface area (Å²) in [4.78, 5) is 14.4. The fourth-order valence-corrected chi connectivity index (χ4v) is 1.79. The number of nitro groups is 1. The second-order valence-electron chi connectivity index (χ2n) is 4.40. The predicted molar refractivity (Wildman–Crippen MR) is 73.6 cm³/mol. The number of nitrogens with zero attached hydrogens (tertiary/aromatic N) is 3. The Kier molecular flexibility index (Phi) is 4.83. The third-order valence-electron chi connectivity index (χ3n) is 2.81. The maximum absolute atomic E-state index is 10.7. The molecule has 0 atom stereocenters. The lowest BCUT2D eigenvalue weighted by Crippen LogP contribution is -2.04. The van der Waals surface area contributed by atoms with Gasteiger partial charge < -0.3 is 15.0 Å². The first-order valence-corrected chi connectivity index (χ1v) is 6.55. The van der Waals surface area contributed by atoms with Crippen LogP contribution in [0.25, 0.3) is 0 Å². The number of aromatic nitrogens is 2. The Balaban J connectivity index is 2.06. The molecule has 112 valence electrons. The Bertz CT molecular complexity index is 626. The lowest BCUT2D eigenvalue weighted by Gasteiger charge is -2.08. The number of nitro benzene ring substituents is 1. The predicted octanol–water partition coefficient (Wildman–Crippen LogP) is 1.97. The van der Waals surface area contributed by atoms with E-state index in [1.165, 1.54) is 18.2 Å². The van der Waals surface area contributed by atoms with E-state index < -0.39 is 4.92 Å². The van der Waals surface area contributed by atoms with Crippen LogP contribution >= 0.6 is 0 Å². The molecular formula is C13H16N4O4. The standard InChI is InChI=1S/C13H16N4O4/c1-2-3-12-15-13(21-16-12)8-20-11-5-4-10(17(18)19)6-9(11)7-14/h4-6H,2-3,7-8,14H2,1H3. The number of aryl methyl sites for hydroxylation is 1.